The molecule has 4 rings (SSSR count). The van der Waals surface area contributed by atoms with E-state index in [0.29, 0.717) is 29.5 Å². The van der Waals surface area contributed by atoms with Crippen LogP contribution in [0.5, 0.6) is 5.75 Å². The van der Waals surface area contributed by atoms with Gasteiger partial charge in [-0.2, -0.15) is 5.01 Å². The van der Waals surface area contributed by atoms with Crippen LogP contribution in [0.15, 0.2) is 42.5 Å². The summed E-state index contributed by atoms with van der Waals surface area (Å²) in [5.74, 6) is -2.33. The molecule has 178 valence electrons. The van der Waals surface area contributed by atoms with Crippen LogP contribution in [-0.4, -0.2) is 47.2 Å². The second kappa shape index (κ2) is 9.76. The Bertz CT molecular complexity index is 1170. The van der Waals surface area contributed by atoms with E-state index < -0.39 is 41.9 Å². The first-order valence-electron chi connectivity index (χ1n) is 11.0. The average Bonchev–Trinajstić information content (AvgIpc) is 3.06. The molecule has 34 heavy (non-hydrogen) atoms. The van der Waals surface area contributed by atoms with Crippen molar-refractivity contribution < 1.29 is 23.9 Å². The molecule has 1 aliphatic heterocycles. The van der Waals surface area contributed by atoms with Gasteiger partial charge >= 0.3 is 0 Å². The molecule has 1 saturated carbocycles. The Labute approximate surface area is 207 Å². The first-order valence-corrected chi connectivity index (χ1v) is 11.8. The van der Waals surface area contributed by atoms with Gasteiger partial charge in [-0.15, -0.1) is 0 Å². The predicted octanol–water partition coefficient (Wildman–Crippen LogP) is 4.66. The number of ketones is 1. The number of hydrogen-bond acceptors (Lipinski definition) is 5. The zero-order valence-electron chi connectivity index (χ0n) is 18.8. The number of carbonyl (C=O) groups is 4. The summed E-state index contributed by atoms with van der Waals surface area (Å²) in [7, 11) is 1.48. The SMILES string of the molecule is COc1cccc(C(=O)CN(C(=O)c2ccc(Cl)cc2Cl)N2C(=O)[C@@H]3CC[C@H](C)C[C@H]3C2=O)c1. The number of ether oxygens (including phenoxy) is 1. The standard InChI is InChI=1S/C25H24Cl2N2O5/c1-14-6-8-18-20(10-14)25(33)29(24(18)32)28(23(31)19-9-7-16(26)12-21(19)27)13-22(30)15-4-3-5-17(11-15)34-2/h3-5,7,9,11-12,14,18,20H,6,8,10,13H2,1-2H3/t14-,18+,20+/m0/s1. The lowest BCUT2D eigenvalue weighted by atomic mass is 9.76. The fraction of sp³-hybridized carbons (Fsp3) is 0.360. The number of nitrogens with zero attached hydrogens (tertiary/aromatic N) is 2. The van der Waals surface area contributed by atoms with Gasteiger partial charge in [0.15, 0.2) is 5.78 Å². The molecular formula is C25H24Cl2N2O5. The lowest BCUT2D eigenvalue weighted by molar-refractivity contribution is -0.154. The summed E-state index contributed by atoms with van der Waals surface area (Å²) in [6, 6.07) is 10.7. The molecule has 2 aromatic rings. The summed E-state index contributed by atoms with van der Waals surface area (Å²) in [4.78, 5) is 53.4. The van der Waals surface area contributed by atoms with E-state index in [1.807, 2.05) is 6.92 Å². The molecule has 1 saturated heterocycles. The molecule has 2 aliphatic rings. The molecule has 0 bridgehead atoms. The Kier molecular flexibility index (Phi) is 6.96. The van der Waals surface area contributed by atoms with Gasteiger partial charge in [-0.25, -0.2) is 5.01 Å². The van der Waals surface area contributed by atoms with Gasteiger partial charge in [0, 0.05) is 10.6 Å². The third kappa shape index (κ3) is 4.55. The van der Waals surface area contributed by atoms with Crippen molar-refractivity contribution in [2.24, 2.45) is 17.8 Å². The number of hydrogen-bond donors (Lipinski definition) is 0. The highest BCUT2D eigenvalue weighted by atomic mass is 35.5. The Morgan fingerprint density at radius 3 is 2.50 bits per heavy atom. The van der Waals surface area contributed by atoms with E-state index in [0.717, 1.165) is 16.4 Å². The average molecular weight is 503 g/mol. The summed E-state index contributed by atoms with van der Waals surface area (Å²) < 4.78 is 5.18. The summed E-state index contributed by atoms with van der Waals surface area (Å²) in [5.41, 5.74) is 0.317. The van der Waals surface area contributed by atoms with Gasteiger partial charge in [0.05, 0.1) is 29.5 Å². The van der Waals surface area contributed by atoms with E-state index in [1.54, 1.807) is 18.2 Å². The van der Waals surface area contributed by atoms with E-state index in [-0.39, 0.29) is 16.1 Å². The highest BCUT2D eigenvalue weighted by Gasteiger charge is 2.53. The van der Waals surface area contributed by atoms with Gasteiger partial charge < -0.3 is 4.74 Å². The molecule has 1 heterocycles. The zero-order chi connectivity index (χ0) is 24.6. The number of amides is 3. The molecule has 0 radical (unpaired) electrons. The monoisotopic (exact) mass is 502 g/mol. The van der Waals surface area contributed by atoms with Crippen molar-refractivity contribution in [2.45, 2.75) is 26.2 Å². The number of methoxy groups -OCH3 is 1. The normalized spacial score (nSPS) is 21.9. The molecule has 3 amide bonds. The molecule has 2 fully saturated rings. The van der Waals surface area contributed by atoms with Gasteiger partial charge in [0.1, 0.15) is 12.3 Å². The van der Waals surface area contributed by atoms with E-state index in [4.69, 9.17) is 27.9 Å². The van der Waals surface area contributed by atoms with Crippen LogP contribution < -0.4 is 4.74 Å². The van der Waals surface area contributed by atoms with Crippen molar-refractivity contribution in [2.75, 3.05) is 13.7 Å². The highest BCUT2D eigenvalue weighted by Crippen LogP contribution is 2.41. The lowest BCUT2D eigenvalue weighted by Crippen LogP contribution is -2.52. The topological polar surface area (TPSA) is 84.0 Å². The van der Waals surface area contributed by atoms with Crippen LogP contribution in [-0.2, 0) is 9.59 Å². The first kappa shape index (κ1) is 24.2. The Balaban J connectivity index is 1.72. The summed E-state index contributed by atoms with van der Waals surface area (Å²) >= 11 is 12.2. The maximum Gasteiger partial charge on any atom is 0.274 e. The van der Waals surface area contributed by atoms with Crippen LogP contribution in [0.1, 0.15) is 46.9 Å². The largest absolute Gasteiger partial charge is 0.497 e. The van der Waals surface area contributed by atoms with Crippen molar-refractivity contribution in [1.29, 1.82) is 0 Å². The maximum atomic E-state index is 13.6. The van der Waals surface area contributed by atoms with Gasteiger partial charge in [-0.1, -0.05) is 42.3 Å². The summed E-state index contributed by atoms with van der Waals surface area (Å²) in [6.07, 6.45) is 1.97. The molecule has 0 unspecified atom stereocenters. The number of halogens is 2. The first-order chi connectivity index (χ1) is 16.2. The lowest BCUT2D eigenvalue weighted by Gasteiger charge is -2.30. The molecule has 0 N–H and O–H groups in total. The minimum Gasteiger partial charge on any atom is -0.497 e. The van der Waals surface area contributed by atoms with Crippen LogP contribution in [0.2, 0.25) is 10.0 Å². The van der Waals surface area contributed by atoms with E-state index >= 15 is 0 Å². The van der Waals surface area contributed by atoms with Crippen molar-refractivity contribution in [1.82, 2.24) is 10.0 Å². The predicted molar refractivity (Wildman–Crippen MR) is 127 cm³/mol. The summed E-state index contributed by atoms with van der Waals surface area (Å²) in [6.45, 7) is 1.52. The second-order valence-electron chi connectivity index (χ2n) is 8.76. The number of carbonyl (C=O) groups excluding carboxylic acids is 4. The van der Waals surface area contributed by atoms with Crippen LogP contribution in [0.4, 0.5) is 0 Å². The van der Waals surface area contributed by atoms with Gasteiger partial charge in [0.2, 0.25) is 0 Å². The van der Waals surface area contributed by atoms with Crippen LogP contribution in [0, 0.1) is 17.8 Å². The fourth-order valence-corrected chi connectivity index (χ4v) is 5.16. The van der Waals surface area contributed by atoms with Crippen molar-refractivity contribution in [3.63, 3.8) is 0 Å². The number of hydrazine groups is 1. The zero-order valence-corrected chi connectivity index (χ0v) is 20.3. The van der Waals surface area contributed by atoms with E-state index in [1.165, 1.54) is 31.4 Å². The highest BCUT2D eigenvalue weighted by molar-refractivity contribution is 6.36. The molecule has 1 aliphatic carbocycles. The third-order valence-corrected chi connectivity index (χ3v) is 7.03. The molecule has 2 aromatic carbocycles. The molecule has 9 heteroatoms. The van der Waals surface area contributed by atoms with Gasteiger partial charge in [0.25, 0.3) is 17.7 Å². The third-order valence-electron chi connectivity index (χ3n) is 6.49. The molecule has 3 atom stereocenters. The van der Waals surface area contributed by atoms with E-state index in [2.05, 4.69) is 0 Å². The molecular weight excluding hydrogens is 479 g/mol. The van der Waals surface area contributed by atoms with Crippen LogP contribution >= 0.6 is 23.2 Å². The number of imide groups is 1. The Hall–Kier alpha value is -2.90. The fourth-order valence-electron chi connectivity index (χ4n) is 4.67. The smallest absolute Gasteiger partial charge is 0.274 e. The second-order valence-corrected chi connectivity index (χ2v) is 9.61. The Morgan fingerprint density at radius 2 is 1.79 bits per heavy atom. The van der Waals surface area contributed by atoms with Crippen molar-refractivity contribution in [3.8, 4) is 5.75 Å². The van der Waals surface area contributed by atoms with Crippen molar-refractivity contribution >= 4 is 46.7 Å². The van der Waals surface area contributed by atoms with Gasteiger partial charge in [-0.3, -0.25) is 19.2 Å². The number of Topliss-reactive ketones (excluding diaryl/α,β-unsaturated/α-hetero) is 1. The van der Waals surface area contributed by atoms with Crippen LogP contribution in [0.25, 0.3) is 0 Å². The molecule has 0 spiro atoms. The number of benzene rings is 2. The van der Waals surface area contributed by atoms with Crippen molar-refractivity contribution in [3.05, 3.63) is 63.6 Å². The minimum atomic E-state index is -0.730. The number of rotatable bonds is 6. The Morgan fingerprint density at radius 1 is 1.06 bits per heavy atom. The number of fused-ring (bicyclic) bond motifs is 1. The quantitative estimate of drug-likeness (QED) is 0.423. The van der Waals surface area contributed by atoms with E-state index in [9.17, 15) is 19.2 Å². The molecule has 0 aromatic heterocycles. The minimum absolute atomic E-state index is 0.0355. The maximum absolute atomic E-state index is 13.6. The van der Waals surface area contributed by atoms with Gasteiger partial charge in [-0.05, 0) is 55.5 Å². The molecule has 7 nitrogen and oxygen atoms in total. The van der Waals surface area contributed by atoms with Crippen LogP contribution in [0.3, 0.4) is 0 Å². The summed E-state index contributed by atoms with van der Waals surface area (Å²) in [5, 5.41) is 2.17.